The predicted octanol–water partition coefficient (Wildman–Crippen LogP) is 1.73. The molecule has 0 unspecified atom stereocenters. The summed E-state index contributed by atoms with van der Waals surface area (Å²) in [5, 5.41) is -0.448. The molecule has 132 valence electrons. The molecule has 10 heteroatoms. The van der Waals surface area contributed by atoms with Crippen LogP contribution in [0, 0.1) is 0 Å². The maximum atomic E-state index is 12.2. The van der Waals surface area contributed by atoms with Crippen molar-refractivity contribution in [2.45, 2.75) is 0 Å². The van der Waals surface area contributed by atoms with Crippen LogP contribution in [0.25, 0.3) is 0 Å². The summed E-state index contributed by atoms with van der Waals surface area (Å²) in [6.07, 6.45) is 1.44. The van der Waals surface area contributed by atoms with Crippen molar-refractivity contribution in [1.29, 1.82) is 0 Å². The van der Waals surface area contributed by atoms with Gasteiger partial charge in [0.15, 0.2) is 11.4 Å². The molecule has 0 bridgehead atoms. The van der Waals surface area contributed by atoms with Gasteiger partial charge in [-0.15, -0.1) is 0 Å². The first-order chi connectivity index (χ1) is 12.1. The molecule has 0 saturated carbocycles. The highest BCUT2D eigenvalue weighted by Gasteiger charge is 2.18. The first kappa shape index (κ1) is 18.5. The number of esters is 1. The summed E-state index contributed by atoms with van der Waals surface area (Å²) in [6.45, 7) is 0. The molecular formula is C15H15N3O6S. The number of ether oxygens (including phenoxy) is 4. The maximum absolute atomic E-state index is 12.2. The second kappa shape index (κ2) is 8.83. The van der Waals surface area contributed by atoms with Crippen LogP contribution in [-0.2, 0) is 9.53 Å². The average Bonchev–Trinajstić information content (AvgIpc) is 2.65. The van der Waals surface area contributed by atoms with Gasteiger partial charge < -0.3 is 18.9 Å². The second-order valence-electron chi connectivity index (χ2n) is 4.34. The minimum atomic E-state index is -0.516. The number of thioether (sulfide) groups is 1. The molecule has 2 rings (SSSR count). The molecule has 0 radical (unpaired) electrons. The summed E-state index contributed by atoms with van der Waals surface area (Å²) in [5.74, 6) is -0.0374. The lowest BCUT2D eigenvalue weighted by Gasteiger charge is -2.09. The van der Waals surface area contributed by atoms with Crippen LogP contribution in [0.1, 0.15) is 10.5 Å². The van der Waals surface area contributed by atoms with Gasteiger partial charge in [-0.1, -0.05) is 11.8 Å². The Hall–Kier alpha value is -2.88. The molecule has 0 atom stereocenters. The van der Waals surface area contributed by atoms with E-state index in [4.69, 9.17) is 14.2 Å². The fourth-order valence-corrected chi connectivity index (χ4v) is 2.27. The maximum Gasteiger partial charge on any atom is 0.328 e. The van der Waals surface area contributed by atoms with Crippen LogP contribution >= 0.6 is 11.8 Å². The van der Waals surface area contributed by atoms with Crippen molar-refractivity contribution in [2.24, 2.45) is 0 Å². The molecule has 0 N–H and O–H groups in total. The molecule has 0 fully saturated rings. The molecule has 2 heterocycles. The Balaban J connectivity index is 2.23. The van der Waals surface area contributed by atoms with Crippen LogP contribution in [0.4, 0.5) is 0 Å². The molecule has 2 aromatic heterocycles. The smallest absolute Gasteiger partial charge is 0.328 e. The van der Waals surface area contributed by atoms with E-state index in [-0.39, 0.29) is 35.0 Å². The van der Waals surface area contributed by atoms with Gasteiger partial charge in [0.2, 0.25) is 16.9 Å². The normalized spacial score (nSPS) is 10.0. The molecule has 0 aliphatic carbocycles. The summed E-state index contributed by atoms with van der Waals surface area (Å²) in [6, 6.07) is 4.54. The number of aromatic nitrogens is 3. The Bertz CT molecular complexity index is 748. The third-order valence-corrected chi connectivity index (χ3v) is 3.63. The van der Waals surface area contributed by atoms with Crippen molar-refractivity contribution in [1.82, 2.24) is 15.0 Å². The Morgan fingerprint density at radius 3 is 2.40 bits per heavy atom. The summed E-state index contributed by atoms with van der Waals surface area (Å²) < 4.78 is 20.1. The van der Waals surface area contributed by atoms with E-state index in [9.17, 15) is 9.59 Å². The molecule has 0 amide bonds. The third kappa shape index (κ3) is 5.05. The van der Waals surface area contributed by atoms with Crippen LogP contribution in [0.3, 0.4) is 0 Å². The van der Waals surface area contributed by atoms with Gasteiger partial charge in [-0.2, -0.15) is 9.97 Å². The first-order valence-corrected chi connectivity index (χ1v) is 7.89. The van der Waals surface area contributed by atoms with Gasteiger partial charge in [-0.25, -0.2) is 4.98 Å². The molecule has 0 saturated heterocycles. The van der Waals surface area contributed by atoms with Gasteiger partial charge in [0, 0.05) is 6.20 Å². The van der Waals surface area contributed by atoms with Crippen molar-refractivity contribution >= 4 is 22.8 Å². The highest BCUT2D eigenvalue weighted by molar-refractivity contribution is 8.14. The van der Waals surface area contributed by atoms with Gasteiger partial charge in [0.1, 0.15) is 0 Å². The topological polar surface area (TPSA) is 110 Å². The van der Waals surface area contributed by atoms with E-state index in [2.05, 4.69) is 19.7 Å². The summed E-state index contributed by atoms with van der Waals surface area (Å²) in [5.41, 5.74) is 0.0294. The number of pyridine rings is 1. The Morgan fingerprint density at radius 1 is 1.12 bits per heavy atom. The van der Waals surface area contributed by atoms with E-state index >= 15 is 0 Å². The predicted molar refractivity (Wildman–Crippen MR) is 88.3 cm³/mol. The summed E-state index contributed by atoms with van der Waals surface area (Å²) in [4.78, 5) is 35.5. The molecule has 2 aromatic rings. The lowest BCUT2D eigenvalue weighted by atomic mass is 10.3. The van der Waals surface area contributed by atoms with Crippen molar-refractivity contribution in [3.63, 3.8) is 0 Å². The zero-order valence-corrected chi connectivity index (χ0v) is 14.5. The van der Waals surface area contributed by atoms with Crippen LogP contribution in [0.15, 0.2) is 24.4 Å². The van der Waals surface area contributed by atoms with Crippen molar-refractivity contribution < 1.29 is 28.5 Å². The van der Waals surface area contributed by atoms with Crippen LogP contribution in [0.5, 0.6) is 23.5 Å². The molecule has 0 aromatic carbocycles. The zero-order valence-electron chi connectivity index (χ0n) is 13.7. The minimum Gasteiger partial charge on any atom is -0.481 e. The van der Waals surface area contributed by atoms with Gasteiger partial charge in [-0.05, 0) is 12.1 Å². The fraction of sp³-hybridized carbons (Fsp3) is 0.267. The van der Waals surface area contributed by atoms with E-state index in [1.807, 2.05) is 0 Å². The average molecular weight is 365 g/mol. The first-order valence-electron chi connectivity index (χ1n) is 6.91. The lowest BCUT2D eigenvalue weighted by molar-refractivity contribution is -0.137. The Morgan fingerprint density at radius 2 is 1.80 bits per heavy atom. The number of hydrogen-bond acceptors (Lipinski definition) is 10. The minimum absolute atomic E-state index is 0.0294. The number of methoxy groups -OCH3 is 3. The van der Waals surface area contributed by atoms with Gasteiger partial charge in [0.05, 0.1) is 33.1 Å². The molecule has 25 heavy (non-hydrogen) atoms. The van der Waals surface area contributed by atoms with Gasteiger partial charge in [-0.3, -0.25) is 9.59 Å². The Kier molecular flexibility index (Phi) is 6.52. The standard InChI is InChI=1S/C15H15N3O6S/c1-21-10-7-11(22-2)18-15(17-10)24-9-5-4-6-16-13(9)14(20)25-8-12(19)23-3/h4-7H,8H2,1-3H3. The summed E-state index contributed by atoms with van der Waals surface area (Å²) in [7, 11) is 4.12. The van der Waals surface area contributed by atoms with Crippen LogP contribution < -0.4 is 14.2 Å². The number of nitrogens with zero attached hydrogens (tertiary/aromatic N) is 3. The zero-order chi connectivity index (χ0) is 18.2. The second-order valence-corrected chi connectivity index (χ2v) is 5.29. The quantitative estimate of drug-likeness (QED) is 0.673. The molecule has 0 spiro atoms. The number of rotatable bonds is 7. The van der Waals surface area contributed by atoms with Crippen LogP contribution in [0.2, 0.25) is 0 Å². The Labute approximate surface area is 147 Å². The van der Waals surface area contributed by atoms with Crippen molar-refractivity contribution in [3.05, 3.63) is 30.1 Å². The number of carbonyl (C=O) groups excluding carboxylic acids is 2. The molecule has 0 aliphatic heterocycles. The highest BCUT2D eigenvalue weighted by atomic mass is 32.2. The van der Waals surface area contributed by atoms with Crippen molar-refractivity contribution in [3.8, 4) is 23.5 Å². The lowest BCUT2D eigenvalue weighted by Crippen LogP contribution is -2.08. The van der Waals surface area contributed by atoms with E-state index in [0.29, 0.717) is 0 Å². The van der Waals surface area contributed by atoms with E-state index in [0.717, 1.165) is 11.8 Å². The highest BCUT2D eigenvalue weighted by Crippen LogP contribution is 2.27. The SMILES string of the molecule is COC(=O)CSC(=O)c1ncccc1Oc1nc(OC)cc(OC)n1. The van der Waals surface area contributed by atoms with Crippen LogP contribution in [-0.4, -0.2) is 53.1 Å². The largest absolute Gasteiger partial charge is 0.481 e. The molecule has 9 nitrogen and oxygen atoms in total. The van der Waals surface area contributed by atoms with Gasteiger partial charge in [0.25, 0.3) is 0 Å². The molecular weight excluding hydrogens is 350 g/mol. The number of hydrogen-bond donors (Lipinski definition) is 0. The number of carbonyl (C=O) groups is 2. The monoisotopic (exact) mass is 365 g/mol. The van der Waals surface area contributed by atoms with E-state index < -0.39 is 11.1 Å². The van der Waals surface area contributed by atoms with Crippen molar-refractivity contribution in [2.75, 3.05) is 27.1 Å². The third-order valence-electron chi connectivity index (χ3n) is 2.79. The van der Waals surface area contributed by atoms with Gasteiger partial charge >= 0.3 is 12.0 Å². The molecule has 0 aliphatic rings. The fourth-order valence-electron chi connectivity index (χ4n) is 1.61. The summed E-state index contributed by atoms with van der Waals surface area (Å²) >= 11 is 0.756. The van der Waals surface area contributed by atoms with E-state index in [1.54, 1.807) is 6.07 Å². The van der Waals surface area contributed by atoms with E-state index in [1.165, 1.54) is 39.7 Å².